The van der Waals surface area contributed by atoms with E-state index in [1.165, 1.54) is 0 Å². The third-order valence-electron chi connectivity index (χ3n) is 6.67. The average molecular weight is 563 g/mol. The van der Waals surface area contributed by atoms with Crippen molar-refractivity contribution in [1.82, 2.24) is 20.1 Å². The summed E-state index contributed by atoms with van der Waals surface area (Å²) in [5, 5.41) is 10.8. The average Bonchev–Trinajstić information content (AvgIpc) is 3.54. The number of nitrogens with zero attached hydrogens (tertiary/aromatic N) is 3. The van der Waals surface area contributed by atoms with E-state index in [0.29, 0.717) is 35.3 Å². The normalized spacial score (nSPS) is 16.2. The van der Waals surface area contributed by atoms with Gasteiger partial charge in [0, 0.05) is 30.0 Å². The maximum absolute atomic E-state index is 13.1. The van der Waals surface area contributed by atoms with Crippen molar-refractivity contribution in [3.63, 3.8) is 0 Å². The molecule has 5 rings (SSSR count). The van der Waals surface area contributed by atoms with Gasteiger partial charge in [0.25, 0.3) is 0 Å². The fraction of sp³-hybridized carbons (Fsp3) is 0.345. The van der Waals surface area contributed by atoms with Gasteiger partial charge in [0.05, 0.1) is 33.0 Å². The first-order valence-electron chi connectivity index (χ1n) is 13.3. The molecule has 1 aliphatic rings. The molecule has 1 atom stereocenters. The molecule has 210 valence electrons. The summed E-state index contributed by atoms with van der Waals surface area (Å²) in [6, 6.07) is 10.6. The monoisotopic (exact) mass is 562 g/mol. The first kappa shape index (κ1) is 27.6. The van der Waals surface area contributed by atoms with Crippen molar-refractivity contribution in [1.29, 1.82) is 0 Å². The number of para-hydroxylation sites is 1. The number of sulfone groups is 1. The molecule has 1 aromatic carbocycles. The summed E-state index contributed by atoms with van der Waals surface area (Å²) in [6.07, 6.45) is 4.17. The van der Waals surface area contributed by atoms with E-state index in [4.69, 9.17) is 14.2 Å². The third-order valence-corrected chi connectivity index (χ3v) is 8.88. The van der Waals surface area contributed by atoms with E-state index >= 15 is 0 Å². The van der Waals surface area contributed by atoms with Crippen molar-refractivity contribution in [2.75, 3.05) is 10.6 Å². The number of aromatic nitrogens is 4. The van der Waals surface area contributed by atoms with Gasteiger partial charge >= 0.3 is 0 Å². The van der Waals surface area contributed by atoms with Crippen molar-refractivity contribution < 1.29 is 17.7 Å². The highest BCUT2D eigenvalue weighted by molar-refractivity contribution is 7.92. The molecule has 0 spiro atoms. The van der Waals surface area contributed by atoms with Gasteiger partial charge in [-0.15, -0.1) is 0 Å². The summed E-state index contributed by atoms with van der Waals surface area (Å²) >= 11 is 0. The molecule has 3 N–H and O–H groups in total. The van der Waals surface area contributed by atoms with E-state index in [9.17, 15) is 8.42 Å². The van der Waals surface area contributed by atoms with Gasteiger partial charge in [-0.05, 0) is 65.8 Å². The molecule has 0 saturated carbocycles. The first-order chi connectivity index (χ1) is 19.0. The van der Waals surface area contributed by atoms with Crippen LogP contribution in [0.5, 0.6) is 0 Å². The van der Waals surface area contributed by atoms with E-state index in [1.807, 2.05) is 39.0 Å². The maximum atomic E-state index is 13.1. The molecule has 1 aliphatic carbocycles. The number of nitrogens with one attached hydrogen (secondary N) is 3. The predicted octanol–water partition coefficient (Wildman–Crippen LogP) is 6.15. The highest BCUT2D eigenvalue weighted by atomic mass is 32.2. The molecule has 0 bridgehead atoms. The Morgan fingerprint density at radius 3 is 2.55 bits per heavy atom. The minimum Gasteiger partial charge on any atom is -0.369 e. The summed E-state index contributed by atoms with van der Waals surface area (Å²) < 4.78 is 37.9. The van der Waals surface area contributed by atoms with Gasteiger partial charge < -0.3 is 24.9 Å². The van der Waals surface area contributed by atoms with Gasteiger partial charge in [-0.1, -0.05) is 22.9 Å². The molecule has 0 amide bonds. The molecule has 40 heavy (non-hydrogen) atoms. The highest BCUT2D eigenvalue weighted by Gasteiger charge is 2.27. The van der Waals surface area contributed by atoms with E-state index in [-0.39, 0.29) is 17.1 Å². The molecule has 0 aliphatic heterocycles. The van der Waals surface area contributed by atoms with Gasteiger partial charge in [-0.25, -0.2) is 8.42 Å². The lowest BCUT2D eigenvalue weighted by molar-refractivity contribution is 0.0294. The Kier molecular flexibility index (Phi) is 7.52. The van der Waals surface area contributed by atoms with Gasteiger partial charge in [-0.2, -0.15) is 9.97 Å². The number of anilines is 3. The Morgan fingerprint density at radius 1 is 1.07 bits per heavy atom. The van der Waals surface area contributed by atoms with Crippen molar-refractivity contribution in [2.45, 2.75) is 70.3 Å². The number of hydrogen-bond donors (Lipinski definition) is 3. The number of H-pyrrole nitrogens is 1. The zero-order valence-corrected chi connectivity index (χ0v) is 24.3. The lowest BCUT2D eigenvalue weighted by Gasteiger charge is -2.28. The summed E-state index contributed by atoms with van der Waals surface area (Å²) in [6.45, 7) is 11.3. The van der Waals surface area contributed by atoms with Crippen molar-refractivity contribution >= 4 is 43.9 Å². The zero-order chi connectivity index (χ0) is 28.6. The first-order valence-corrected chi connectivity index (χ1v) is 14.8. The topological polar surface area (TPSA) is 135 Å². The smallest absolute Gasteiger partial charge is 0.231 e. The second-order valence-corrected chi connectivity index (χ2v) is 13.0. The van der Waals surface area contributed by atoms with Crippen LogP contribution in [0.25, 0.3) is 16.6 Å². The van der Waals surface area contributed by atoms with Crippen LogP contribution >= 0.6 is 0 Å². The Labute approximate surface area is 233 Å². The van der Waals surface area contributed by atoms with Crippen LogP contribution in [0, 0.1) is 6.92 Å². The predicted molar refractivity (Wildman–Crippen MR) is 156 cm³/mol. The van der Waals surface area contributed by atoms with E-state index < -0.39 is 15.1 Å². The van der Waals surface area contributed by atoms with E-state index in [2.05, 4.69) is 32.7 Å². The molecule has 3 aromatic heterocycles. The summed E-state index contributed by atoms with van der Waals surface area (Å²) in [5.74, 6) is 1.48. The second kappa shape index (κ2) is 10.9. The molecule has 0 saturated heterocycles. The lowest BCUT2D eigenvalue weighted by Crippen LogP contribution is -2.27. The number of fused-ring (bicyclic) bond motifs is 1. The number of benzene rings is 1. The third kappa shape index (κ3) is 5.52. The fourth-order valence-electron chi connectivity index (χ4n) is 4.63. The van der Waals surface area contributed by atoms with E-state index in [0.717, 1.165) is 27.9 Å². The quantitative estimate of drug-likeness (QED) is 0.220. The summed E-state index contributed by atoms with van der Waals surface area (Å²) in [4.78, 5) is 12.8. The van der Waals surface area contributed by atoms with Crippen LogP contribution in [0.1, 0.15) is 52.5 Å². The van der Waals surface area contributed by atoms with Crippen LogP contribution in [0.15, 0.2) is 69.4 Å². The summed E-state index contributed by atoms with van der Waals surface area (Å²) in [7, 11) is -3.53. The minimum atomic E-state index is -3.53. The molecular weight excluding hydrogens is 528 g/mol. The van der Waals surface area contributed by atoms with Crippen LogP contribution in [0.3, 0.4) is 0 Å². The van der Waals surface area contributed by atoms with Crippen LogP contribution in [0.4, 0.5) is 17.5 Å². The van der Waals surface area contributed by atoms with Gasteiger partial charge in [0.2, 0.25) is 5.95 Å². The number of allylic oxidation sites excluding steroid dienone is 2. The number of aryl methyl sites for hydroxylation is 1. The number of rotatable bonds is 9. The van der Waals surface area contributed by atoms with E-state index in [1.54, 1.807) is 44.3 Å². The van der Waals surface area contributed by atoms with Gasteiger partial charge in [0.15, 0.2) is 15.6 Å². The number of ether oxygens (including phenoxy) is 1. The Balaban J connectivity index is 1.54. The zero-order valence-electron chi connectivity index (χ0n) is 23.4. The molecule has 4 aromatic rings. The molecule has 0 radical (unpaired) electrons. The molecule has 11 heteroatoms. The Bertz CT molecular complexity index is 1710. The van der Waals surface area contributed by atoms with Crippen molar-refractivity contribution in [3.8, 4) is 0 Å². The Hall–Kier alpha value is -3.96. The van der Waals surface area contributed by atoms with Crippen LogP contribution in [0.2, 0.25) is 0 Å². The fourth-order valence-corrected chi connectivity index (χ4v) is 5.83. The van der Waals surface area contributed by atoms with Gasteiger partial charge in [-0.3, -0.25) is 0 Å². The van der Waals surface area contributed by atoms with Gasteiger partial charge in [0.1, 0.15) is 17.6 Å². The maximum Gasteiger partial charge on any atom is 0.231 e. The molecule has 0 fully saturated rings. The lowest BCUT2D eigenvalue weighted by atomic mass is 9.92. The SMILES string of the molecule is CC1=C(c2cc(C)no2)C=C(Nc2nc(Nc3ccccc3S(=O)(=O)C(C)C)c3cc[nH]c3n2)C(OC(C)C)C1. The second-order valence-electron chi connectivity index (χ2n) is 10.5. The van der Waals surface area contributed by atoms with Crippen LogP contribution in [-0.4, -0.2) is 46.0 Å². The molecule has 3 heterocycles. The largest absolute Gasteiger partial charge is 0.369 e. The number of hydrogen-bond acceptors (Lipinski definition) is 9. The van der Waals surface area contributed by atoms with Crippen LogP contribution < -0.4 is 10.6 Å². The Morgan fingerprint density at radius 2 is 1.85 bits per heavy atom. The molecule has 10 nitrogen and oxygen atoms in total. The summed E-state index contributed by atoms with van der Waals surface area (Å²) in [5.41, 5.74) is 4.68. The highest BCUT2D eigenvalue weighted by Crippen LogP contribution is 2.35. The number of aromatic amines is 1. The molecular formula is C29H34N6O4S. The minimum absolute atomic E-state index is 0.000477. The van der Waals surface area contributed by atoms with Crippen molar-refractivity contribution in [2.24, 2.45) is 0 Å². The van der Waals surface area contributed by atoms with Crippen molar-refractivity contribution in [3.05, 3.63) is 71.4 Å². The molecule has 1 unspecified atom stereocenters. The standard InChI is InChI=1S/C29H34N6O4S/c1-16(2)38-25-13-18(5)21(24-14-19(6)35-39-24)15-23(25)32-29-33-27-20(11-12-30-27)28(34-29)31-22-9-7-8-10-26(22)40(36,37)17(3)4/h7-12,14-17,25H,13H2,1-6H3,(H3,30,31,32,33,34). The van der Waals surface area contributed by atoms with Crippen LogP contribution in [-0.2, 0) is 14.6 Å².